The molecule has 0 aromatic rings. The Hall–Kier alpha value is -1.10. The van der Waals surface area contributed by atoms with E-state index in [0.717, 1.165) is 58.3 Å². The average Bonchev–Trinajstić information content (AvgIpc) is 2.56. The van der Waals surface area contributed by atoms with Crippen molar-refractivity contribution in [3.63, 3.8) is 0 Å². The molecule has 0 radical (unpaired) electrons. The number of carbonyl (C=O) groups is 2. The van der Waals surface area contributed by atoms with Crippen molar-refractivity contribution in [3.05, 3.63) is 0 Å². The summed E-state index contributed by atoms with van der Waals surface area (Å²) in [4.78, 5) is 26.5. The first-order valence-corrected chi connectivity index (χ1v) is 8.45. The monoisotopic (exact) mass is 295 g/mol. The van der Waals surface area contributed by atoms with Crippen LogP contribution in [0.1, 0.15) is 51.9 Å². The molecular weight excluding hydrogens is 266 g/mol. The Kier molecular flexibility index (Phi) is 6.03. The van der Waals surface area contributed by atoms with Crippen molar-refractivity contribution >= 4 is 11.8 Å². The molecule has 0 aliphatic carbocycles. The predicted octanol–water partition coefficient (Wildman–Crippen LogP) is 1.29. The van der Waals surface area contributed by atoms with Crippen LogP contribution in [0.4, 0.5) is 0 Å². The molecule has 21 heavy (non-hydrogen) atoms. The Morgan fingerprint density at radius 1 is 1.14 bits per heavy atom. The van der Waals surface area contributed by atoms with Gasteiger partial charge in [-0.05, 0) is 51.6 Å². The molecule has 2 aliphatic rings. The highest BCUT2D eigenvalue weighted by atomic mass is 16.2. The van der Waals surface area contributed by atoms with E-state index in [4.69, 9.17) is 0 Å². The molecule has 2 amide bonds. The lowest BCUT2D eigenvalue weighted by Crippen LogP contribution is -2.48. The van der Waals surface area contributed by atoms with Crippen molar-refractivity contribution in [2.24, 2.45) is 5.41 Å². The fraction of sp³-hybridized carbons (Fsp3) is 0.875. The van der Waals surface area contributed by atoms with E-state index in [0.29, 0.717) is 13.0 Å². The van der Waals surface area contributed by atoms with Crippen molar-refractivity contribution < 1.29 is 9.59 Å². The van der Waals surface area contributed by atoms with Crippen LogP contribution in [0.5, 0.6) is 0 Å². The van der Waals surface area contributed by atoms with Gasteiger partial charge < -0.3 is 15.5 Å². The van der Waals surface area contributed by atoms with Crippen molar-refractivity contribution in [1.29, 1.82) is 0 Å². The summed E-state index contributed by atoms with van der Waals surface area (Å²) in [5.74, 6) is 0.323. The third kappa shape index (κ3) is 4.19. The Morgan fingerprint density at radius 3 is 2.43 bits per heavy atom. The quantitative estimate of drug-likeness (QED) is 0.803. The summed E-state index contributed by atoms with van der Waals surface area (Å²) in [6.07, 6.45) is 6.57. The molecule has 2 saturated heterocycles. The van der Waals surface area contributed by atoms with E-state index in [1.807, 2.05) is 4.90 Å². The topological polar surface area (TPSA) is 61.4 Å². The van der Waals surface area contributed by atoms with Crippen molar-refractivity contribution in [2.75, 3.05) is 32.7 Å². The maximum Gasteiger partial charge on any atom is 0.226 e. The molecule has 120 valence electrons. The summed E-state index contributed by atoms with van der Waals surface area (Å²) < 4.78 is 0. The molecular formula is C16H29N3O2. The number of rotatable bonds is 5. The Labute approximate surface area is 127 Å². The van der Waals surface area contributed by atoms with Gasteiger partial charge in [-0.1, -0.05) is 6.92 Å². The number of nitrogens with one attached hydrogen (secondary N) is 2. The van der Waals surface area contributed by atoms with Crippen LogP contribution >= 0.6 is 0 Å². The van der Waals surface area contributed by atoms with Crippen molar-refractivity contribution in [3.8, 4) is 0 Å². The average molecular weight is 295 g/mol. The van der Waals surface area contributed by atoms with Crippen LogP contribution in [0.15, 0.2) is 0 Å². The summed E-state index contributed by atoms with van der Waals surface area (Å²) in [5, 5.41) is 6.31. The van der Waals surface area contributed by atoms with E-state index >= 15 is 0 Å². The largest absolute Gasteiger partial charge is 0.355 e. The first kappa shape index (κ1) is 16.3. The summed E-state index contributed by atoms with van der Waals surface area (Å²) >= 11 is 0. The normalized spacial score (nSPS) is 21.9. The number of amides is 2. The fourth-order valence-corrected chi connectivity index (χ4v) is 3.42. The van der Waals surface area contributed by atoms with Crippen LogP contribution in [0.3, 0.4) is 0 Å². The van der Waals surface area contributed by atoms with E-state index in [1.165, 1.54) is 6.42 Å². The first-order chi connectivity index (χ1) is 10.2. The molecule has 2 N–H and O–H groups in total. The fourth-order valence-electron chi connectivity index (χ4n) is 3.42. The lowest BCUT2D eigenvalue weighted by Gasteiger charge is -2.35. The Balaban J connectivity index is 1.74. The summed E-state index contributed by atoms with van der Waals surface area (Å²) in [5.41, 5.74) is -0.223. The van der Waals surface area contributed by atoms with Crippen LogP contribution in [0, 0.1) is 5.41 Å². The van der Waals surface area contributed by atoms with Gasteiger partial charge in [-0.15, -0.1) is 0 Å². The molecule has 0 aromatic heterocycles. The minimum atomic E-state index is -0.223. The van der Waals surface area contributed by atoms with E-state index < -0.39 is 0 Å². The second-order valence-electron chi connectivity index (χ2n) is 6.33. The van der Waals surface area contributed by atoms with Gasteiger partial charge in [-0.25, -0.2) is 0 Å². The lowest BCUT2D eigenvalue weighted by atomic mass is 9.76. The lowest BCUT2D eigenvalue weighted by molar-refractivity contribution is -0.134. The van der Waals surface area contributed by atoms with E-state index in [-0.39, 0.29) is 17.2 Å². The number of nitrogens with zero attached hydrogens (tertiary/aromatic N) is 1. The summed E-state index contributed by atoms with van der Waals surface area (Å²) in [6, 6.07) is 0. The zero-order valence-corrected chi connectivity index (χ0v) is 13.2. The van der Waals surface area contributed by atoms with Crippen LogP contribution in [0.25, 0.3) is 0 Å². The highest BCUT2D eigenvalue weighted by molar-refractivity contribution is 5.83. The van der Waals surface area contributed by atoms with E-state index in [2.05, 4.69) is 17.6 Å². The number of hydrogen-bond acceptors (Lipinski definition) is 3. The van der Waals surface area contributed by atoms with Gasteiger partial charge in [0.2, 0.25) is 11.8 Å². The molecule has 5 nitrogen and oxygen atoms in total. The molecule has 2 rings (SSSR count). The molecule has 2 aliphatic heterocycles. The first-order valence-electron chi connectivity index (χ1n) is 8.45. The standard InChI is InChI=1S/C16H29N3O2/c1-2-16(7-10-17-11-8-16)15(21)18-9-6-14(20)19-12-4-3-5-13-19/h17H,2-13H2,1H3,(H,18,21). The molecule has 2 fully saturated rings. The molecule has 0 spiro atoms. The minimum Gasteiger partial charge on any atom is -0.355 e. The Morgan fingerprint density at radius 2 is 1.81 bits per heavy atom. The molecule has 0 aromatic carbocycles. The molecule has 0 bridgehead atoms. The summed E-state index contributed by atoms with van der Waals surface area (Å²) in [6.45, 7) is 6.16. The maximum absolute atomic E-state index is 12.4. The van der Waals surface area contributed by atoms with Crippen molar-refractivity contribution in [2.45, 2.75) is 51.9 Å². The Bertz CT molecular complexity index is 359. The highest BCUT2D eigenvalue weighted by Gasteiger charge is 2.37. The molecule has 0 unspecified atom stereocenters. The minimum absolute atomic E-state index is 0.137. The maximum atomic E-state index is 12.4. The molecule has 2 heterocycles. The number of hydrogen-bond donors (Lipinski definition) is 2. The van der Waals surface area contributed by atoms with Crippen LogP contribution < -0.4 is 10.6 Å². The van der Waals surface area contributed by atoms with Gasteiger partial charge in [0.1, 0.15) is 0 Å². The zero-order chi connectivity index (χ0) is 15.1. The van der Waals surface area contributed by atoms with Gasteiger partial charge in [0.25, 0.3) is 0 Å². The van der Waals surface area contributed by atoms with Gasteiger partial charge >= 0.3 is 0 Å². The van der Waals surface area contributed by atoms with Crippen molar-refractivity contribution in [1.82, 2.24) is 15.5 Å². The van der Waals surface area contributed by atoms with Gasteiger partial charge in [-0.2, -0.15) is 0 Å². The molecule has 0 atom stereocenters. The van der Waals surface area contributed by atoms with Crippen LogP contribution in [0.2, 0.25) is 0 Å². The molecule has 5 heteroatoms. The SMILES string of the molecule is CCC1(C(=O)NCCC(=O)N2CCCCC2)CCNCC1. The second-order valence-corrected chi connectivity index (χ2v) is 6.33. The second kappa shape index (κ2) is 7.78. The zero-order valence-electron chi connectivity index (χ0n) is 13.2. The van der Waals surface area contributed by atoms with E-state index in [1.54, 1.807) is 0 Å². The number of piperidine rings is 2. The van der Waals surface area contributed by atoms with Gasteiger partial charge in [0.05, 0.1) is 5.41 Å². The number of likely N-dealkylation sites (tertiary alicyclic amines) is 1. The van der Waals surface area contributed by atoms with Gasteiger partial charge in [0, 0.05) is 26.1 Å². The molecule has 0 saturated carbocycles. The predicted molar refractivity (Wildman–Crippen MR) is 82.9 cm³/mol. The third-order valence-electron chi connectivity index (χ3n) is 5.05. The van der Waals surface area contributed by atoms with Gasteiger partial charge in [0.15, 0.2) is 0 Å². The van der Waals surface area contributed by atoms with Crippen LogP contribution in [-0.4, -0.2) is 49.4 Å². The summed E-state index contributed by atoms with van der Waals surface area (Å²) in [7, 11) is 0. The van der Waals surface area contributed by atoms with Crippen LogP contribution in [-0.2, 0) is 9.59 Å². The smallest absolute Gasteiger partial charge is 0.226 e. The highest BCUT2D eigenvalue weighted by Crippen LogP contribution is 2.32. The number of carbonyl (C=O) groups excluding carboxylic acids is 2. The third-order valence-corrected chi connectivity index (χ3v) is 5.05. The van der Waals surface area contributed by atoms with Gasteiger partial charge in [-0.3, -0.25) is 9.59 Å². The van der Waals surface area contributed by atoms with E-state index in [9.17, 15) is 9.59 Å².